The molecule has 4 atom stereocenters. The van der Waals surface area contributed by atoms with Crippen LogP contribution in [-0.2, 0) is 4.74 Å². The monoisotopic (exact) mass is 289 g/mol. The Kier molecular flexibility index (Phi) is 3.70. The van der Waals surface area contributed by atoms with E-state index in [-0.39, 0.29) is 0 Å². The van der Waals surface area contributed by atoms with Gasteiger partial charge in [-0.2, -0.15) is 4.98 Å². The van der Waals surface area contributed by atoms with Gasteiger partial charge in [-0.25, -0.2) is 14.0 Å². The van der Waals surface area contributed by atoms with E-state index in [2.05, 4.69) is 4.98 Å². The Balaban J connectivity index is 2.46. The van der Waals surface area contributed by atoms with E-state index in [0.29, 0.717) is 4.57 Å². The number of aromatic carboxylic acids is 1. The lowest BCUT2D eigenvalue weighted by molar-refractivity contribution is -0.0491. The third-order valence-corrected chi connectivity index (χ3v) is 2.96. The lowest BCUT2D eigenvalue weighted by atomic mass is 10.1. The largest absolute Gasteiger partial charge is 0.478 e. The number of carboxylic acid groups (broad SMARTS) is 1. The summed E-state index contributed by atoms with van der Waals surface area (Å²) in [6.07, 6.45) is -5.66. The van der Waals surface area contributed by atoms with Gasteiger partial charge in [0.1, 0.15) is 23.6 Å². The van der Waals surface area contributed by atoms with Crippen molar-refractivity contribution in [2.45, 2.75) is 24.6 Å². The van der Waals surface area contributed by atoms with Crippen molar-refractivity contribution >= 4 is 11.8 Å². The first kappa shape index (κ1) is 14.4. The number of hydrogen-bond acceptors (Lipinski definition) is 7. The number of nitrogen functional groups attached to an aromatic ring is 1. The van der Waals surface area contributed by atoms with Crippen molar-refractivity contribution in [2.24, 2.45) is 0 Å². The molecule has 1 aromatic rings. The van der Waals surface area contributed by atoms with E-state index >= 15 is 0 Å². The SMILES string of the molecule is Nc1nc(=O)n([C@@H]2O[C@H](CO)[C@@H](O)[C@@H]2F)cc1C(=O)O. The van der Waals surface area contributed by atoms with Crippen LogP contribution in [0.2, 0.25) is 0 Å². The van der Waals surface area contributed by atoms with Gasteiger partial charge in [0.25, 0.3) is 0 Å². The fourth-order valence-corrected chi connectivity index (χ4v) is 1.91. The fourth-order valence-electron chi connectivity index (χ4n) is 1.91. The molecule has 10 heteroatoms. The highest BCUT2D eigenvalue weighted by molar-refractivity contribution is 5.92. The average Bonchev–Trinajstić information content (AvgIpc) is 2.66. The Labute approximate surface area is 111 Å². The molecule has 0 amide bonds. The van der Waals surface area contributed by atoms with Crippen LogP contribution in [0.15, 0.2) is 11.0 Å². The van der Waals surface area contributed by atoms with Gasteiger partial charge >= 0.3 is 11.7 Å². The highest BCUT2D eigenvalue weighted by Crippen LogP contribution is 2.31. The maximum absolute atomic E-state index is 13.9. The van der Waals surface area contributed by atoms with Crippen molar-refractivity contribution < 1.29 is 29.2 Å². The number of carboxylic acids is 1. The van der Waals surface area contributed by atoms with Crippen LogP contribution in [0.25, 0.3) is 0 Å². The number of rotatable bonds is 3. The first-order valence-electron chi connectivity index (χ1n) is 5.57. The highest BCUT2D eigenvalue weighted by Gasteiger charge is 2.45. The van der Waals surface area contributed by atoms with E-state index in [1.54, 1.807) is 0 Å². The van der Waals surface area contributed by atoms with E-state index in [1.165, 1.54) is 0 Å². The molecule has 9 nitrogen and oxygen atoms in total. The number of alkyl halides is 1. The van der Waals surface area contributed by atoms with Crippen LogP contribution in [-0.4, -0.2) is 55.8 Å². The molecule has 20 heavy (non-hydrogen) atoms. The van der Waals surface area contributed by atoms with Gasteiger partial charge in [0.05, 0.1) is 6.61 Å². The number of hydrogen-bond donors (Lipinski definition) is 4. The number of aliphatic hydroxyl groups is 2. The van der Waals surface area contributed by atoms with Gasteiger partial charge in [-0.3, -0.25) is 4.57 Å². The topological polar surface area (TPSA) is 148 Å². The van der Waals surface area contributed by atoms with Gasteiger partial charge < -0.3 is 25.8 Å². The Morgan fingerprint density at radius 1 is 1.60 bits per heavy atom. The van der Waals surface area contributed by atoms with Crippen molar-refractivity contribution in [1.29, 1.82) is 0 Å². The van der Waals surface area contributed by atoms with Crippen molar-refractivity contribution in [3.8, 4) is 0 Å². The first-order chi connectivity index (χ1) is 9.36. The Morgan fingerprint density at radius 2 is 2.25 bits per heavy atom. The number of anilines is 1. The normalized spacial score (nSPS) is 29.6. The molecule has 110 valence electrons. The fraction of sp³-hybridized carbons (Fsp3) is 0.500. The minimum absolute atomic E-state index is 0.498. The second kappa shape index (κ2) is 5.15. The quantitative estimate of drug-likeness (QED) is 0.505. The van der Waals surface area contributed by atoms with E-state index in [1.807, 2.05) is 0 Å². The number of nitrogens with zero attached hydrogens (tertiary/aromatic N) is 2. The molecule has 1 aliphatic rings. The van der Waals surface area contributed by atoms with Crippen molar-refractivity contribution in [1.82, 2.24) is 9.55 Å². The lowest BCUT2D eigenvalue weighted by Crippen LogP contribution is -2.34. The molecule has 2 heterocycles. The van der Waals surface area contributed by atoms with Crippen LogP contribution >= 0.6 is 0 Å². The molecule has 1 aliphatic heterocycles. The zero-order valence-electron chi connectivity index (χ0n) is 10.0. The number of ether oxygens (including phenoxy) is 1. The molecular formula is C10H12FN3O6. The second-order valence-electron chi connectivity index (χ2n) is 4.22. The smallest absolute Gasteiger partial charge is 0.351 e. The third-order valence-electron chi connectivity index (χ3n) is 2.96. The molecule has 0 aromatic carbocycles. The molecule has 1 saturated heterocycles. The predicted octanol–water partition coefficient (Wildman–Crippen LogP) is -1.89. The Morgan fingerprint density at radius 3 is 2.75 bits per heavy atom. The second-order valence-corrected chi connectivity index (χ2v) is 4.22. The van der Waals surface area contributed by atoms with Crippen LogP contribution < -0.4 is 11.4 Å². The summed E-state index contributed by atoms with van der Waals surface area (Å²) in [5.41, 5.74) is 3.76. The lowest BCUT2D eigenvalue weighted by Gasteiger charge is -2.16. The minimum Gasteiger partial charge on any atom is -0.478 e. The molecule has 5 N–H and O–H groups in total. The summed E-state index contributed by atoms with van der Waals surface area (Å²) < 4.78 is 19.4. The number of carbonyl (C=O) groups is 1. The molecule has 0 radical (unpaired) electrons. The molecule has 2 rings (SSSR count). The summed E-state index contributed by atoms with van der Waals surface area (Å²) in [5.74, 6) is -1.96. The maximum Gasteiger partial charge on any atom is 0.351 e. The van der Waals surface area contributed by atoms with Crippen LogP contribution in [0.4, 0.5) is 10.2 Å². The summed E-state index contributed by atoms with van der Waals surface area (Å²) in [6, 6.07) is 0. The first-order valence-corrected chi connectivity index (χ1v) is 5.57. The summed E-state index contributed by atoms with van der Waals surface area (Å²) in [7, 11) is 0. The number of aromatic nitrogens is 2. The number of aliphatic hydroxyl groups excluding tert-OH is 2. The molecule has 0 saturated carbocycles. The number of nitrogens with two attached hydrogens (primary N) is 1. The molecule has 0 bridgehead atoms. The van der Waals surface area contributed by atoms with Gasteiger partial charge in [0.2, 0.25) is 0 Å². The molecular weight excluding hydrogens is 277 g/mol. The van der Waals surface area contributed by atoms with Crippen molar-refractivity contribution in [2.75, 3.05) is 12.3 Å². The average molecular weight is 289 g/mol. The Bertz CT molecular complexity index is 591. The third kappa shape index (κ3) is 2.24. The zero-order chi connectivity index (χ0) is 15.0. The van der Waals surface area contributed by atoms with Crippen LogP contribution in [0.5, 0.6) is 0 Å². The molecule has 0 aliphatic carbocycles. The van der Waals surface area contributed by atoms with Crippen molar-refractivity contribution in [3.05, 3.63) is 22.2 Å². The number of halogens is 1. The van der Waals surface area contributed by atoms with Crippen molar-refractivity contribution in [3.63, 3.8) is 0 Å². The van der Waals surface area contributed by atoms with Crippen LogP contribution in [0.3, 0.4) is 0 Å². The summed E-state index contributed by atoms with van der Waals surface area (Å²) >= 11 is 0. The summed E-state index contributed by atoms with van der Waals surface area (Å²) in [6.45, 7) is -0.652. The standard InChI is InChI=1S/C10H12FN3O6/c11-5-6(16)4(2-15)20-8(5)14-1-3(9(17)18)7(12)13-10(14)19/h1,4-6,8,15-16H,2H2,(H,17,18)(H2,12,13,19)/t4-,5+,6-,8-/m1/s1. The zero-order valence-corrected chi connectivity index (χ0v) is 10.0. The summed E-state index contributed by atoms with van der Waals surface area (Å²) in [5, 5.41) is 27.3. The van der Waals surface area contributed by atoms with E-state index in [9.17, 15) is 19.1 Å². The summed E-state index contributed by atoms with van der Waals surface area (Å²) in [4.78, 5) is 25.8. The van der Waals surface area contributed by atoms with Crippen LogP contribution in [0.1, 0.15) is 16.6 Å². The molecule has 0 spiro atoms. The Hall–Kier alpha value is -2.04. The molecule has 1 aromatic heterocycles. The van der Waals surface area contributed by atoms with Crippen LogP contribution in [0, 0.1) is 0 Å². The maximum atomic E-state index is 13.9. The van der Waals surface area contributed by atoms with E-state index in [4.69, 9.17) is 20.7 Å². The van der Waals surface area contributed by atoms with Gasteiger partial charge in [-0.1, -0.05) is 0 Å². The molecule has 1 fully saturated rings. The predicted molar refractivity (Wildman–Crippen MR) is 61.8 cm³/mol. The molecule has 0 unspecified atom stereocenters. The van der Waals surface area contributed by atoms with Gasteiger partial charge in [-0.15, -0.1) is 0 Å². The van der Waals surface area contributed by atoms with Gasteiger partial charge in [0, 0.05) is 6.20 Å². The van der Waals surface area contributed by atoms with Gasteiger partial charge in [0.15, 0.2) is 12.4 Å². The van der Waals surface area contributed by atoms with E-state index in [0.717, 1.165) is 6.20 Å². The van der Waals surface area contributed by atoms with Gasteiger partial charge in [-0.05, 0) is 0 Å². The minimum atomic E-state index is -2.02. The highest BCUT2D eigenvalue weighted by atomic mass is 19.1. The van der Waals surface area contributed by atoms with E-state index < -0.39 is 54.3 Å².